The number of hydrogen-bond acceptors (Lipinski definition) is 3. The highest BCUT2D eigenvalue weighted by Gasteiger charge is 2.31. The highest BCUT2D eigenvalue weighted by molar-refractivity contribution is 5.83. The van der Waals surface area contributed by atoms with Gasteiger partial charge in [0.1, 0.15) is 0 Å². The summed E-state index contributed by atoms with van der Waals surface area (Å²) in [6.07, 6.45) is 2.65. The molecule has 1 amide bonds. The summed E-state index contributed by atoms with van der Waals surface area (Å²) in [7, 11) is 0. The average molecular weight is 274 g/mol. The van der Waals surface area contributed by atoms with Crippen LogP contribution in [-0.2, 0) is 16.0 Å². The van der Waals surface area contributed by atoms with Gasteiger partial charge in [-0.3, -0.25) is 9.59 Å². The van der Waals surface area contributed by atoms with Crippen molar-refractivity contribution >= 4 is 17.6 Å². The molecule has 1 atom stereocenters. The van der Waals surface area contributed by atoms with Crippen LogP contribution >= 0.6 is 0 Å². The Labute approximate surface area is 117 Å². The van der Waals surface area contributed by atoms with Gasteiger partial charge in [0.2, 0.25) is 5.91 Å². The van der Waals surface area contributed by atoms with Crippen LogP contribution in [0.2, 0.25) is 0 Å². The van der Waals surface area contributed by atoms with Crippen LogP contribution in [0.1, 0.15) is 18.4 Å². The van der Waals surface area contributed by atoms with Crippen LogP contribution in [0, 0.1) is 5.92 Å². The molecule has 5 heteroatoms. The molecule has 1 aromatic rings. The molecule has 1 aliphatic carbocycles. The third-order valence-corrected chi connectivity index (χ3v) is 3.87. The van der Waals surface area contributed by atoms with Gasteiger partial charge in [0.25, 0.3) is 0 Å². The van der Waals surface area contributed by atoms with Gasteiger partial charge >= 0.3 is 5.97 Å². The fraction of sp³-hybridized carbons (Fsp3) is 0.467. The Morgan fingerprint density at radius 2 is 2.05 bits per heavy atom. The third-order valence-electron chi connectivity index (χ3n) is 3.87. The van der Waals surface area contributed by atoms with Gasteiger partial charge in [-0.1, -0.05) is 18.2 Å². The molecule has 1 fully saturated rings. The molecule has 5 nitrogen and oxygen atoms in total. The van der Waals surface area contributed by atoms with Gasteiger partial charge in [-0.05, 0) is 30.9 Å². The molecule has 1 aromatic carbocycles. The smallest absolute Gasteiger partial charge is 0.308 e. The molecule has 106 valence electrons. The summed E-state index contributed by atoms with van der Waals surface area (Å²) < 4.78 is 0. The molecule has 0 radical (unpaired) electrons. The molecule has 0 spiro atoms. The predicted octanol–water partition coefficient (Wildman–Crippen LogP) is 1.03. The highest BCUT2D eigenvalue weighted by atomic mass is 16.4. The molecule has 0 saturated heterocycles. The zero-order valence-electron chi connectivity index (χ0n) is 11.2. The van der Waals surface area contributed by atoms with Crippen molar-refractivity contribution in [3.8, 4) is 0 Å². The van der Waals surface area contributed by atoms with Gasteiger partial charge in [-0.25, -0.2) is 0 Å². The number of benzene rings is 1. The molecular formula is C15H18N2O3. The summed E-state index contributed by atoms with van der Waals surface area (Å²) in [6, 6.07) is 8.06. The summed E-state index contributed by atoms with van der Waals surface area (Å²) in [5, 5.41) is 12.2. The molecule has 0 aromatic heterocycles. The number of rotatable bonds is 4. The summed E-state index contributed by atoms with van der Waals surface area (Å²) in [4.78, 5) is 25.1. The monoisotopic (exact) mass is 274 g/mol. The van der Waals surface area contributed by atoms with E-state index in [1.165, 1.54) is 0 Å². The molecule has 1 unspecified atom stereocenters. The lowest BCUT2D eigenvalue weighted by Gasteiger charge is -2.34. The second-order valence-electron chi connectivity index (χ2n) is 5.59. The molecule has 1 saturated carbocycles. The number of para-hydroxylation sites is 1. The predicted molar refractivity (Wildman–Crippen MR) is 74.6 cm³/mol. The van der Waals surface area contributed by atoms with Gasteiger partial charge < -0.3 is 15.3 Å². The van der Waals surface area contributed by atoms with Crippen LogP contribution in [0.5, 0.6) is 0 Å². The minimum Gasteiger partial charge on any atom is -0.481 e. The molecule has 2 aliphatic rings. The lowest BCUT2D eigenvalue weighted by molar-refractivity contribution is -0.141. The SMILES string of the molecule is O=C(CN1CC(C(=O)O)Cc2ccccc21)NC1CC1. The lowest BCUT2D eigenvalue weighted by atomic mass is 9.92. The van der Waals surface area contributed by atoms with Crippen molar-refractivity contribution in [2.75, 3.05) is 18.0 Å². The first-order valence-electron chi connectivity index (χ1n) is 6.98. The van der Waals surface area contributed by atoms with Gasteiger partial charge in [0, 0.05) is 18.3 Å². The molecule has 0 bridgehead atoms. The Hall–Kier alpha value is -2.04. The fourth-order valence-corrected chi connectivity index (χ4v) is 2.68. The number of carboxylic acids is 1. The minimum absolute atomic E-state index is 0.0201. The summed E-state index contributed by atoms with van der Waals surface area (Å²) in [6.45, 7) is 0.627. The first-order valence-corrected chi connectivity index (χ1v) is 6.98. The molecule has 3 rings (SSSR count). The maximum atomic E-state index is 11.9. The fourth-order valence-electron chi connectivity index (χ4n) is 2.68. The van der Waals surface area contributed by atoms with Crippen LogP contribution in [-0.4, -0.2) is 36.1 Å². The van der Waals surface area contributed by atoms with E-state index in [9.17, 15) is 14.7 Å². The van der Waals surface area contributed by atoms with Crippen molar-refractivity contribution in [3.05, 3.63) is 29.8 Å². The van der Waals surface area contributed by atoms with Crippen LogP contribution in [0.3, 0.4) is 0 Å². The molecule has 1 aliphatic heterocycles. The summed E-state index contributed by atoms with van der Waals surface area (Å²) in [5.74, 6) is -1.26. The normalized spacial score (nSPS) is 21.2. The van der Waals surface area contributed by atoms with Crippen molar-refractivity contribution in [2.24, 2.45) is 5.92 Å². The number of carbonyl (C=O) groups excluding carboxylic acids is 1. The van der Waals surface area contributed by atoms with E-state index in [0.29, 0.717) is 19.0 Å². The van der Waals surface area contributed by atoms with Crippen molar-refractivity contribution in [1.29, 1.82) is 0 Å². The van der Waals surface area contributed by atoms with Crippen LogP contribution in [0.4, 0.5) is 5.69 Å². The first-order chi connectivity index (χ1) is 9.63. The van der Waals surface area contributed by atoms with E-state index in [0.717, 1.165) is 24.1 Å². The van der Waals surface area contributed by atoms with E-state index >= 15 is 0 Å². The number of nitrogens with zero attached hydrogens (tertiary/aromatic N) is 1. The van der Waals surface area contributed by atoms with Gasteiger partial charge in [-0.15, -0.1) is 0 Å². The van der Waals surface area contributed by atoms with E-state index < -0.39 is 11.9 Å². The van der Waals surface area contributed by atoms with E-state index in [1.807, 2.05) is 29.2 Å². The number of anilines is 1. The van der Waals surface area contributed by atoms with E-state index in [4.69, 9.17) is 0 Å². The number of hydrogen-bond donors (Lipinski definition) is 2. The number of nitrogens with one attached hydrogen (secondary N) is 1. The van der Waals surface area contributed by atoms with Gasteiger partial charge in [0.05, 0.1) is 12.5 Å². The van der Waals surface area contributed by atoms with Crippen molar-refractivity contribution in [2.45, 2.75) is 25.3 Å². The lowest BCUT2D eigenvalue weighted by Crippen LogP contribution is -2.44. The topological polar surface area (TPSA) is 69.6 Å². The minimum atomic E-state index is -0.799. The number of amides is 1. The van der Waals surface area contributed by atoms with Crippen molar-refractivity contribution < 1.29 is 14.7 Å². The number of aliphatic carboxylic acids is 1. The number of carbonyl (C=O) groups is 2. The van der Waals surface area contributed by atoms with E-state index in [-0.39, 0.29) is 12.5 Å². The van der Waals surface area contributed by atoms with Crippen molar-refractivity contribution in [3.63, 3.8) is 0 Å². The Kier molecular flexibility index (Phi) is 3.34. The van der Waals surface area contributed by atoms with Gasteiger partial charge in [0.15, 0.2) is 0 Å². The summed E-state index contributed by atoms with van der Waals surface area (Å²) in [5.41, 5.74) is 1.99. The molecule has 2 N–H and O–H groups in total. The largest absolute Gasteiger partial charge is 0.481 e. The van der Waals surface area contributed by atoms with Gasteiger partial charge in [-0.2, -0.15) is 0 Å². The van der Waals surface area contributed by atoms with E-state index in [2.05, 4.69) is 5.32 Å². The zero-order valence-corrected chi connectivity index (χ0v) is 11.2. The standard InChI is InChI=1S/C15H18N2O3/c18-14(16-12-5-6-12)9-17-8-11(15(19)20)7-10-3-1-2-4-13(10)17/h1-4,11-12H,5-9H2,(H,16,18)(H,19,20). The van der Waals surface area contributed by atoms with Crippen molar-refractivity contribution in [1.82, 2.24) is 5.32 Å². The number of carboxylic acid groups (broad SMARTS) is 1. The quantitative estimate of drug-likeness (QED) is 0.860. The first kappa shape index (κ1) is 13.0. The Balaban J connectivity index is 1.77. The maximum Gasteiger partial charge on any atom is 0.308 e. The number of fused-ring (bicyclic) bond motifs is 1. The average Bonchev–Trinajstić information content (AvgIpc) is 3.22. The second kappa shape index (κ2) is 5.15. The van der Waals surface area contributed by atoms with Crippen LogP contribution in [0.15, 0.2) is 24.3 Å². The Bertz CT molecular complexity index is 540. The Morgan fingerprint density at radius 3 is 2.75 bits per heavy atom. The zero-order chi connectivity index (χ0) is 14.1. The second-order valence-corrected chi connectivity index (χ2v) is 5.59. The molecular weight excluding hydrogens is 256 g/mol. The third kappa shape index (κ3) is 2.76. The Morgan fingerprint density at radius 1 is 1.30 bits per heavy atom. The van der Waals surface area contributed by atoms with E-state index in [1.54, 1.807) is 0 Å². The summed E-state index contributed by atoms with van der Waals surface area (Å²) >= 11 is 0. The molecule has 1 heterocycles. The highest BCUT2D eigenvalue weighted by Crippen LogP contribution is 2.29. The molecule has 20 heavy (non-hydrogen) atoms. The maximum absolute atomic E-state index is 11.9. The van der Waals surface area contributed by atoms with Crippen LogP contribution < -0.4 is 10.2 Å². The van der Waals surface area contributed by atoms with Crippen LogP contribution in [0.25, 0.3) is 0 Å².